The Labute approximate surface area is 84.9 Å². The van der Waals surface area contributed by atoms with E-state index < -0.39 is 0 Å². The second-order valence-corrected chi connectivity index (χ2v) is 4.65. The number of methoxy groups -OCH3 is 1. The largest absolute Gasteiger partial charge is 0.384 e. The topological polar surface area (TPSA) is 62.3 Å². The molecule has 0 amide bonds. The van der Waals surface area contributed by atoms with E-state index in [1.807, 2.05) is 4.90 Å². The first kappa shape index (κ1) is 9.77. The highest BCUT2D eigenvalue weighted by atomic mass is 16.5. The van der Waals surface area contributed by atoms with Gasteiger partial charge in [0.05, 0.1) is 6.61 Å². The highest BCUT2D eigenvalue weighted by Crippen LogP contribution is 2.48. The molecule has 0 unspecified atom stereocenters. The van der Waals surface area contributed by atoms with Gasteiger partial charge in [-0.15, -0.1) is 0 Å². The zero-order valence-corrected chi connectivity index (χ0v) is 8.75. The molecule has 1 saturated carbocycles. The van der Waals surface area contributed by atoms with Gasteiger partial charge in [-0.3, -0.25) is 5.41 Å². The lowest BCUT2D eigenvalue weighted by molar-refractivity contribution is 0.0734. The van der Waals surface area contributed by atoms with E-state index in [1.165, 1.54) is 19.3 Å². The van der Waals surface area contributed by atoms with Crippen LogP contribution in [0.15, 0.2) is 0 Å². The van der Waals surface area contributed by atoms with E-state index in [1.54, 1.807) is 7.11 Å². The standard InChI is InChI=1S/C10H19N3O/c1-14-7-10-4-2-3-8(10)5-13(6-10)9(11)12/h8H,2-7H2,1H3,(H3,11,12)/t8-,10-/m0/s1. The van der Waals surface area contributed by atoms with Gasteiger partial charge in [-0.05, 0) is 18.8 Å². The molecule has 80 valence electrons. The molecule has 0 bridgehead atoms. The molecule has 0 aromatic carbocycles. The summed E-state index contributed by atoms with van der Waals surface area (Å²) in [6.45, 7) is 2.70. The Bertz CT molecular complexity index is 244. The van der Waals surface area contributed by atoms with E-state index in [0.29, 0.717) is 11.3 Å². The molecule has 4 heteroatoms. The zero-order chi connectivity index (χ0) is 10.2. The smallest absolute Gasteiger partial charge is 0.188 e. The highest BCUT2D eigenvalue weighted by molar-refractivity contribution is 5.75. The fraction of sp³-hybridized carbons (Fsp3) is 0.900. The Morgan fingerprint density at radius 3 is 3.14 bits per heavy atom. The van der Waals surface area contributed by atoms with Crippen LogP contribution in [-0.2, 0) is 4.74 Å². The Hall–Kier alpha value is -0.770. The average molecular weight is 197 g/mol. The van der Waals surface area contributed by atoms with Crippen molar-refractivity contribution in [1.82, 2.24) is 4.90 Å². The van der Waals surface area contributed by atoms with Crippen molar-refractivity contribution in [2.45, 2.75) is 19.3 Å². The number of hydrogen-bond donors (Lipinski definition) is 2. The summed E-state index contributed by atoms with van der Waals surface area (Å²) in [5.74, 6) is 0.904. The summed E-state index contributed by atoms with van der Waals surface area (Å²) in [5, 5.41) is 7.45. The second kappa shape index (κ2) is 3.42. The van der Waals surface area contributed by atoms with Crippen molar-refractivity contribution in [1.29, 1.82) is 5.41 Å². The average Bonchev–Trinajstić information content (AvgIpc) is 2.60. The first-order valence-corrected chi connectivity index (χ1v) is 5.26. The molecule has 1 aliphatic heterocycles. The van der Waals surface area contributed by atoms with Crippen molar-refractivity contribution < 1.29 is 4.74 Å². The van der Waals surface area contributed by atoms with Gasteiger partial charge >= 0.3 is 0 Å². The molecule has 2 fully saturated rings. The van der Waals surface area contributed by atoms with Gasteiger partial charge in [-0.2, -0.15) is 0 Å². The van der Waals surface area contributed by atoms with Crippen LogP contribution in [0.2, 0.25) is 0 Å². The van der Waals surface area contributed by atoms with Gasteiger partial charge < -0.3 is 15.4 Å². The van der Waals surface area contributed by atoms with Gasteiger partial charge in [0.2, 0.25) is 0 Å². The number of nitrogens with zero attached hydrogens (tertiary/aromatic N) is 1. The summed E-state index contributed by atoms with van der Waals surface area (Å²) >= 11 is 0. The highest BCUT2D eigenvalue weighted by Gasteiger charge is 2.49. The van der Waals surface area contributed by atoms with Crippen molar-refractivity contribution >= 4 is 5.96 Å². The number of rotatable bonds is 2. The number of likely N-dealkylation sites (tertiary alicyclic amines) is 1. The third-order valence-electron chi connectivity index (χ3n) is 3.81. The van der Waals surface area contributed by atoms with Crippen LogP contribution in [0.5, 0.6) is 0 Å². The molecule has 3 N–H and O–H groups in total. The molecular formula is C10H19N3O. The summed E-state index contributed by atoms with van der Waals surface area (Å²) < 4.78 is 5.32. The molecule has 0 radical (unpaired) electrons. The maximum atomic E-state index is 7.45. The Morgan fingerprint density at radius 1 is 1.71 bits per heavy atom. The zero-order valence-electron chi connectivity index (χ0n) is 8.75. The van der Waals surface area contributed by atoms with Crippen molar-refractivity contribution in [2.24, 2.45) is 17.1 Å². The van der Waals surface area contributed by atoms with Crippen LogP contribution in [0.3, 0.4) is 0 Å². The summed E-state index contributed by atoms with van der Waals surface area (Å²) in [7, 11) is 1.76. The van der Waals surface area contributed by atoms with Gasteiger partial charge in [0.1, 0.15) is 0 Å². The van der Waals surface area contributed by atoms with Gasteiger partial charge in [0.25, 0.3) is 0 Å². The summed E-state index contributed by atoms with van der Waals surface area (Å²) in [5.41, 5.74) is 5.82. The Kier molecular flexibility index (Phi) is 2.39. The predicted molar refractivity (Wildman–Crippen MR) is 55.1 cm³/mol. The monoisotopic (exact) mass is 197 g/mol. The number of nitrogens with two attached hydrogens (primary N) is 1. The fourth-order valence-corrected chi connectivity index (χ4v) is 3.12. The molecule has 2 aliphatic rings. The molecule has 0 spiro atoms. The van der Waals surface area contributed by atoms with Crippen LogP contribution in [-0.4, -0.2) is 37.7 Å². The number of fused-ring (bicyclic) bond motifs is 1. The number of hydrogen-bond acceptors (Lipinski definition) is 2. The first-order chi connectivity index (χ1) is 6.68. The van der Waals surface area contributed by atoms with Crippen molar-refractivity contribution in [2.75, 3.05) is 26.8 Å². The minimum Gasteiger partial charge on any atom is -0.384 e. The molecule has 2 atom stereocenters. The van der Waals surface area contributed by atoms with E-state index in [0.717, 1.165) is 19.7 Å². The third-order valence-corrected chi connectivity index (χ3v) is 3.81. The third kappa shape index (κ3) is 1.38. The summed E-state index contributed by atoms with van der Waals surface area (Å²) in [6.07, 6.45) is 3.81. The van der Waals surface area contributed by atoms with Gasteiger partial charge in [0, 0.05) is 25.6 Å². The lowest BCUT2D eigenvalue weighted by atomic mass is 9.82. The fourth-order valence-electron chi connectivity index (χ4n) is 3.12. The minimum atomic E-state index is 0.217. The normalized spacial score (nSPS) is 36.1. The second-order valence-electron chi connectivity index (χ2n) is 4.65. The SMILES string of the molecule is COC[C@@]12CCC[C@H]1CN(C(=N)N)C2. The molecule has 0 aromatic rings. The number of ether oxygens (including phenoxy) is 1. The van der Waals surface area contributed by atoms with Crippen LogP contribution < -0.4 is 5.73 Å². The van der Waals surface area contributed by atoms with Crippen LogP contribution in [0, 0.1) is 16.7 Å². The number of nitrogens with one attached hydrogen (secondary N) is 1. The minimum absolute atomic E-state index is 0.217. The van der Waals surface area contributed by atoms with Crippen LogP contribution in [0.25, 0.3) is 0 Å². The summed E-state index contributed by atoms with van der Waals surface area (Å²) in [6, 6.07) is 0. The quantitative estimate of drug-likeness (QED) is 0.504. The van der Waals surface area contributed by atoms with Gasteiger partial charge in [-0.25, -0.2) is 0 Å². The van der Waals surface area contributed by atoms with E-state index in [2.05, 4.69) is 0 Å². The molecule has 1 heterocycles. The van der Waals surface area contributed by atoms with Gasteiger partial charge in [0.15, 0.2) is 5.96 Å². The van der Waals surface area contributed by atoms with Crippen LogP contribution >= 0.6 is 0 Å². The van der Waals surface area contributed by atoms with Crippen LogP contribution in [0.1, 0.15) is 19.3 Å². The van der Waals surface area contributed by atoms with E-state index >= 15 is 0 Å². The molecule has 0 aromatic heterocycles. The Balaban J connectivity index is 2.10. The molecule has 1 saturated heterocycles. The van der Waals surface area contributed by atoms with Crippen molar-refractivity contribution in [3.8, 4) is 0 Å². The number of guanidine groups is 1. The van der Waals surface area contributed by atoms with E-state index in [4.69, 9.17) is 15.9 Å². The molecule has 2 rings (SSSR count). The predicted octanol–water partition coefficient (Wildman–Crippen LogP) is 0.628. The van der Waals surface area contributed by atoms with E-state index in [-0.39, 0.29) is 5.96 Å². The summed E-state index contributed by atoms with van der Waals surface area (Å²) in [4.78, 5) is 1.99. The first-order valence-electron chi connectivity index (χ1n) is 5.26. The lowest BCUT2D eigenvalue weighted by Crippen LogP contribution is -2.37. The van der Waals surface area contributed by atoms with Crippen molar-refractivity contribution in [3.63, 3.8) is 0 Å². The molecule has 4 nitrogen and oxygen atoms in total. The van der Waals surface area contributed by atoms with Crippen molar-refractivity contribution in [3.05, 3.63) is 0 Å². The lowest BCUT2D eigenvalue weighted by Gasteiger charge is -2.27. The molecule has 14 heavy (non-hydrogen) atoms. The molecule has 1 aliphatic carbocycles. The van der Waals surface area contributed by atoms with Gasteiger partial charge in [-0.1, -0.05) is 6.42 Å². The van der Waals surface area contributed by atoms with E-state index in [9.17, 15) is 0 Å². The maximum Gasteiger partial charge on any atom is 0.188 e. The van der Waals surface area contributed by atoms with Crippen LogP contribution in [0.4, 0.5) is 0 Å². The maximum absolute atomic E-state index is 7.45. The Morgan fingerprint density at radius 2 is 2.50 bits per heavy atom. The molecular weight excluding hydrogens is 178 g/mol.